The Morgan fingerprint density at radius 3 is 2.69 bits per heavy atom. The number of likely N-dealkylation sites (N-methyl/N-ethyl adjacent to an activating group) is 1. The van der Waals surface area contributed by atoms with E-state index in [-0.39, 0.29) is 0 Å². The summed E-state index contributed by atoms with van der Waals surface area (Å²) in [6.07, 6.45) is 4.91. The molecule has 0 radical (unpaired) electrons. The number of amides is 1. The molecule has 1 aliphatic heterocycles. The summed E-state index contributed by atoms with van der Waals surface area (Å²) in [6.45, 7) is 4.24. The Morgan fingerprint density at radius 2 is 2.25 bits per heavy atom. The van der Waals surface area contributed by atoms with Crippen LogP contribution in [0, 0.1) is 17.3 Å². The maximum absolute atomic E-state index is 12.3. The zero-order valence-electron chi connectivity index (χ0n) is 10.3. The summed E-state index contributed by atoms with van der Waals surface area (Å²) in [5.74, 6) is 1.53. The SMILES string of the molecule is CN[C@H]1CCN(C(=O)C2CC3(C)CCC23)C1. The Morgan fingerprint density at radius 1 is 1.44 bits per heavy atom. The van der Waals surface area contributed by atoms with Crippen molar-refractivity contribution in [3.8, 4) is 0 Å². The fraction of sp³-hybridized carbons (Fsp3) is 0.923. The van der Waals surface area contributed by atoms with Crippen molar-refractivity contribution in [2.24, 2.45) is 17.3 Å². The lowest BCUT2D eigenvalue weighted by atomic mass is 9.43. The molecular weight excluding hydrogens is 200 g/mol. The lowest BCUT2D eigenvalue weighted by Gasteiger charge is -2.61. The molecule has 1 amide bonds. The Bertz CT molecular complexity index is 317. The molecule has 3 fully saturated rings. The summed E-state index contributed by atoms with van der Waals surface area (Å²) in [5.41, 5.74) is 0.544. The van der Waals surface area contributed by atoms with Gasteiger partial charge in [0.2, 0.25) is 5.91 Å². The van der Waals surface area contributed by atoms with Crippen LogP contribution in [-0.4, -0.2) is 37.0 Å². The molecule has 3 aliphatic rings. The van der Waals surface area contributed by atoms with E-state index in [4.69, 9.17) is 0 Å². The van der Waals surface area contributed by atoms with Crippen molar-refractivity contribution in [1.29, 1.82) is 0 Å². The van der Waals surface area contributed by atoms with Crippen LogP contribution in [0.5, 0.6) is 0 Å². The van der Waals surface area contributed by atoms with Gasteiger partial charge in [-0.25, -0.2) is 0 Å². The van der Waals surface area contributed by atoms with Crippen LogP contribution in [0.3, 0.4) is 0 Å². The van der Waals surface area contributed by atoms with Crippen LogP contribution in [0.15, 0.2) is 0 Å². The topological polar surface area (TPSA) is 32.3 Å². The van der Waals surface area contributed by atoms with Gasteiger partial charge < -0.3 is 10.2 Å². The molecule has 0 spiro atoms. The molecular formula is C13H22N2O. The third-order valence-corrected chi connectivity index (χ3v) is 5.32. The first-order chi connectivity index (χ1) is 7.64. The molecule has 3 heteroatoms. The molecule has 90 valence electrons. The smallest absolute Gasteiger partial charge is 0.226 e. The molecule has 3 unspecified atom stereocenters. The molecule has 0 bridgehead atoms. The molecule has 2 aliphatic carbocycles. The molecule has 2 saturated carbocycles. The summed E-state index contributed by atoms with van der Waals surface area (Å²) >= 11 is 0. The van der Waals surface area contributed by atoms with Gasteiger partial charge in [0.1, 0.15) is 0 Å². The molecule has 1 N–H and O–H groups in total. The second-order valence-corrected chi connectivity index (χ2v) is 6.17. The number of nitrogens with zero attached hydrogens (tertiary/aromatic N) is 1. The van der Waals surface area contributed by atoms with Crippen molar-refractivity contribution in [3.63, 3.8) is 0 Å². The highest BCUT2D eigenvalue weighted by Gasteiger charge is 2.59. The van der Waals surface area contributed by atoms with Gasteiger partial charge in [0.05, 0.1) is 0 Å². The van der Waals surface area contributed by atoms with Crippen LogP contribution >= 0.6 is 0 Å². The van der Waals surface area contributed by atoms with Crippen LogP contribution in [0.25, 0.3) is 0 Å². The quantitative estimate of drug-likeness (QED) is 0.762. The molecule has 0 aromatic rings. The lowest BCUT2D eigenvalue weighted by Crippen LogP contribution is -2.58. The second kappa shape index (κ2) is 3.46. The Hall–Kier alpha value is -0.570. The normalized spacial score (nSPS) is 45.9. The Kier molecular flexibility index (Phi) is 2.29. The van der Waals surface area contributed by atoms with Crippen molar-refractivity contribution in [2.75, 3.05) is 20.1 Å². The lowest BCUT2D eigenvalue weighted by molar-refractivity contribution is -0.167. The summed E-state index contributed by atoms with van der Waals surface area (Å²) in [4.78, 5) is 14.4. The van der Waals surface area contributed by atoms with Crippen molar-refractivity contribution in [2.45, 2.75) is 38.6 Å². The highest BCUT2D eigenvalue weighted by molar-refractivity contribution is 5.81. The first kappa shape index (κ1) is 10.6. The molecule has 0 aromatic heterocycles. The number of carbonyl (C=O) groups excluding carboxylic acids is 1. The average molecular weight is 222 g/mol. The molecule has 1 heterocycles. The van der Waals surface area contributed by atoms with Gasteiger partial charge in [0.25, 0.3) is 0 Å². The number of rotatable bonds is 2. The van der Waals surface area contributed by atoms with Gasteiger partial charge >= 0.3 is 0 Å². The van der Waals surface area contributed by atoms with E-state index in [1.165, 1.54) is 12.8 Å². The number of hydrogen-bond acceptors (Lipinski definition) is 2. The standard InChI is InChI=1S/C13H22N2O/c1-13-5-3-11(13)10(7-13)12(16)15-6-4-9(8-15)14-2/h9-11,14H,3-8H2,1-2H3/t9-,10?,11?,13?/m0/s1. The highest BCUT2D eigenvalue weighted by Crippen LogP contribution is 2.64. The van der Waals surface area contributed by atoms with Crippen molar-refractivity contribution < 1.29 is 4.79 Å². The van der Waals surface area contributed by atoms with Gasteiger partial charge in [-0.1, -0.05) is 6.92 Å². The average Bonchev–Trinajstić information content (AvgIpc) is 2.74. The molecule has 0 aromatic carbocycles. The third-order valence-electron chi connectivity index (χ3n) is 5.32. The summed E-state index contributed by atoms with van der Waals surface area (Å²) in [6, 6.07) is 0.525. The van der Waals surface area contributed by atoms with Gasteiger partial charge in [-0.2, -0.15) is 0 Å². The zero-order chi connectivity index (χ0) is 11.3. The van der Waals surface area contributed by atoms with Gasteiger partial charge in [-0.15, -0.1) is 0 Å². The van der Waals surface area contributed by atoms with Crippen LogP contribution in [0.1, 0.15) is 32.6 Å². The molecule has 3 rings (SSSR count). The minimum atomic E-state index is 0.370. The van der Waals surface area contributed by atoms with Crippen molar-refractivity contribution >= 4 is 5.91 Å². The van der Waals surface area contributed by atoms with E-state index in [1.807, 2.05) is 7.05 Å². The zero-order valence-corrected chi connectivity index (χ0v) is 10.3. The summed E-state index contributed by atoms with van der Waals surface area (Å²) in [5, 5.41) is 3.27. The summed E-state index contributed by atoms with van der Waals surface area (Å²) < 4.78 is 0. The maximum Gasteiger partial charge on any atom is 0.226 e. The highest BCUT2D eigenvalue weighted by atomic mass is 16.2. The molecule has 16 heavy (non-hydrogen) atoms. The fourth-order valence-corrected chi connectivity index (χ4v) is 3.92. The van der Waals surface area contributed by atoms with Gasteiger partial charge in [-0.3, -0.25) is 4.79 Å². The number of likely N-dealkylation sites (tertiary alicyclic amines) is 1. The monoisotopic (exact) mass is 222 g/mol. The van der Waals surface area contributed by atoms with Crippen LogP contribution in [0.4, 0.5) is 0 Å². The maximum atomic E-state index is 12.3. The molecule has 3 nitrogen and oxygen atoms in total. The van der Waals surface area contributed by atoms with Gasteiger partial charge in [-0.05, 0) is 44.1 Å². The van der Waals surface area contributed by atoms with E-state index < -0.39 is 0 Å². The van der Waals surface area contributed by atoms with E-state index in [2.05, 4.69) is 17.1 Å². The fourth-order valence-electron chi connectivity index (χ4n) is 3.92. The summed E-state index contributed by atoms with van der Waals surface area (Å²) in [7, 11) is 1.99. The largest absolute Gasteiger partial charge is 0.341 e. The van der Waals surface area contributed by atoms with Crippen LogP contribution in [0.2, 0.25) is 0 Å². The number of fused-ring (bicyclic) bond motifs is 1. The number of carbonyl (C=O) groups is 1. The van der Waals surface area contributed by atoms with E-state index >= 15 is 0 Å². The number of nitrogens with one attached hydrogen (secondary N) is 1. The minimum absolute atomic E-state index is 0.370. The second-order valence-electron chi connectivity index (χ2n) is 6.17. The number of hydrogen-bond donors (Lipinski definition) is 1. The predicted molar refractivity (Wildman–Crippen MR) is 63.0 cm³/mol. The van der Waals surface area contributed by atoms with Crippen molar-refractivity contribution in [1.82, 2.24) is 10.2 Å². The van der Waals surface area contributed by atoms with Gasteiger partial charge in [0, 0.05) is 25.0 Å². The Balaban J connectivity index is 1.59. The Labute approximate surface area is 97.6 Å². The van der Waals surface area contributed by atoms with E-state index in [0.29, 0.717) is 29.2 Å². The first-order valence-electron chi connectivity index (χ1n) is 6.60. The predicted octanol–water partition coefficient (Wildman–Crippen LogP) is 1.24. The van der Waals surface area contributed by atoms with Crippen molar-refractivity contribution in [3.05, 3.63) is 0 Å². The van der Waals surface area contributed by atoms with Crippen LogP contribution in [-0.2, 0) is 4.79 Å². The third kappa shape index (κ3) is 1.33. The van der Waals surface area contributed by atoms with E-state index in [9.17, 15) is 4.79 Å². The molecule has 1 saturated heterocycles. The molecule has 4 atom stereocenters. The van der Waals surface area contributed by atoms with E-state index in [0.717, 1.165) is 25.9 Å². The van der Waals surface area contributed by atoms with Crippen LogP contribution < -0.4 is 5.32 Å². The van der Waals surface area contributed by atoms with E-state index in [1.54, 1.807) is 0 Å². The first-order valence-corrected chi connectivity index (χ1v) is 6.60. The minimum Gasteiger partial charge on any atom is -0.341 e. The van der Waals surface area contributed by atoms with Gasteiger partial charge in [0.15, 0.2) is 0 Å².